The molecule has 5 nitrogen and oxygen atoms in total. The molecule has 5 rings (SSSR count). The summed E-state index contributed by atoms with van der Waals surface area (Å²) < 4.78 is 0. The van der Waals surface area contributed by atoms with Crippen molar-refractivity contribution in [2.75, 3.05) is 4.90 Å². The van der Waals surface area contributed by atoms with Gasteiger partial charge in [-0.25, -0.2) is 9.69 Å². The van der Waals surface area contributed by atoms with Crippen LogP contribution in [0.2, 0.25) is 0 Å². The van der Waals surface area contributed by atoms with E-state index in [1.165, 1.54) is 17.0 Å². The molecule has 3 fully saturated rings. The van der Waals surface area contributed by atoms with Crippen LogP contribution in [0.4, 0.5) is 5.69 Å². The van der Waals surface area contributed by atoms with Gasteiger partial charge in [0.15, 0.2) is 0 Å². The van der Waals surface area contributed by atoms with Crippen LogP contribution in [0.25, 0.3) is 0 Å². The number of aromatic carboxylic acids is 1. The van der Waals surface area contributed by atoms with Crippen molar-refractivity contribution >= 4 is 23.5 Å². The quantitative estimate of drug-likeness (QED) is 0.670. The Bertz CT molecular complexity index is 853. The summed E-state index contributed by atoms with van der Waals surface area (Å²) in [5, 5.41) is 9.17. The van der Waals surface area contributed by atoms with Crippen molar-refractivity contribution in [3.05, 3.63) is 42.0 Å². The molecule has 122 valence electrons. The number of carboxylic acids is 1. The van der Waals surface area contributed by atoms with Gasteiger partial charge in [-0.2, -0.15) is 0 Å². The van der Waals surface area contributed by atoms with E-state index in [0.717, 1.165) is 12.8 Å². The Hall–Kier alpha value is -2.43. The lowest BCUT2D eigenvalue weighted by Crippen LogP contribution is -2.39. The van der Waals surface area contributed by atoms with Gasteiger partial charge in [0.25, 0.3) is 0 Å². The number of anilines is 1. The first kappa shape index (κ1) is 14.0. The van der Waals surface area contributed by atoms with Crippen LogP contribution in [0.3, 0.4) is 0 Å². The van der Waals surface area contributed by atoms with Gasteiger partial charge in [-0.1, -0.05) is 18.2 Å². The number of hydrogen-bond acceptors (Lipinski definition) is 3. The lowest BCUT2D eigenvalue weighted by Gasteiger charge is -2.29. The third kappa shape index (κ3) is 1.32. The fourth-order valence-electron chi connectivity index (χ4n) is 5.60. The Morgan fingerprint density at radius 2 is 2.00 bits per heavy atom. The van der Waals surface area contributed by atoms with Crippen LogP contribution in [0.15, 0.2) is 36.4 Å². The summed E-state index contributed by atoms with van der Waals surface area (Å²) in [4.78, 5) is 38.8. The normalized spacial score (nSPS) is 37.4. The van der Waals surface area contributed by atoms with Gasteiger partial charge in [-0.05, 0) is 55.2 Å². The Kier molecular flexibility index (Phi) is 2.31. The van der Waals surface area contributed by atoms with E-state index in [2.05, 4.69) is 12.2 Å². The summed E-state index contributed by atoms with van der Waals surface area (Å²) in [6.07, 6.45) is 6.45. The lowest BCUT2D eigenvalue weighted by atomic mass is 9.71. The molecule has 0 aromatic heterocycles. The van der Waals surface area contributed by atoms with Gasteiger partial charge < -0.3 is 5.11 Å². The predicted octanol–water partition coefficient (Wildman–Crippen LogP) is 2.48. The number of carbonyl (C=O) groups excluding carboxylic acids is 2. The van der Waals surface area contributed by atoms with Crippen LogP contribution in [0.5, 0.6) is 0 Å². The van der Waals surface area contributed by atoms with Gasteiger partial charge >= 0.3 is 5.97 Å². The van der Waals surface area contributed by atoms with Crippen LogP contribution >= 0.6 is 0 Å². The Morgan fingerprint density at radius 3 is 2.62 bits per heavy atom. The zero-order valence-corrected chi connectivity index (χ0v) is 13.2. The fraction of sp³-hybridized carbons (Fsp3) is 0.421. The second kappa shape index (κ2) is 3.97. The highest BCUT2D eigenvalue weighted by Crippen LogP contribution is 2.77. The van der Waals surface area contributed by atoms with Gasteiger partial charge in [0.2, 0.25) is 11.8 Å². The molecule has 4 aliphatic rings. The molecular weight excluding hydrogens is 306 g/mol. The minimum atomic E-state index is -1.07. The van der Waals surface area contributed by atoms with E-state index in [0.29, 0.717) is 5.69 Å². The number of allylic oxidation sites excluding steroid dienone is 2. The van der Waals surface area contributed by atoms with E-state index in [1.54, 1.807) is 12.1 Å². The fourth-order valence-corrected chi connectivity index (χ4v) is 5.60. The molecule has 2 saturated carbocycles. The molecular formula is C19H17NO4. The molecule has 1 spiro atoms. The number of rotatable bonds is 2. The van der Waals surface area contributed by atoms with Crippen molar-refractivity contribution in [3.63, 3.8) is 0 Å². The summed E-state index contributed by atoms with van der Waals surface area (Å²) >= 11 is 0. The first-order valence-electron chi connectivity index (χ1n) is 8.31. The van der Waals surface area contributed by atoms with E-state index in [9.17, 15) is 14.4 Å². The standard InChI is InChI=1S/C19H17NO4/c1-18-13-6-5-12(19(13)7-8-19)14(18)15(21)20(17(18)24)11-4-2-3-10(9-11)16(22)23/h2-6,9,12-14H,7-8H2,1H3,(H,22,23)/t12-,13-,14+,18-/m1/s1. The molecule has 0 radical (unpaired) electrons. The maximum atomic E-state index is 13.2. The summed E-state index contributed by atoms with van der Waals surface area (Å²) in [6, 6.07) is 6.08. The molecule has 2 amide bonds. The highest BCUT2D eigenvalue weighted by Gasteiger charge is 2.78. The van der Waals surface area contributed by atoms with Crippen molar-refractivity contribution in [2.45, 2.75) is 19.8 Å². The van der Waals surface area contributed by atoms with Crippen molar-refractivity contribution < 1.29 is 19.5 Å². The lowest BCUT2D eigenvalue weighted by molar-refractivity contribution is -0.127. The minimum absolute atomic E-state index is 0.0788. The van der Waals surface area contributed by atoms with Crippen LogP contribution in [-0.2, 0) is 9.59 Å². The van der Waals surface area contributed by atoms with Crippen molar-refractivity contribution in [1.82, 2.24) is 0 Å². The van der Waals surface area contributed by atoms with E-state index < -0.39 is 11.4 Å². The van der Waals surface area contributed by atoms with Gasteiger partial charge in [-0.3, -0.25) is 9.59 Å². The topological polar surface area (TPSA) is 74.7 Å². The number of benzene rings is 1. The summed E-state index contributed by atoms with van der Waals surface area (Å²) in [7, 11) is 0. The molecule has 0 unspecified atom stereocenters. The van der Waals surface area contributed by atoms with Gasteiger partial charge in [0, 0.05) is 0 Å². The Balaban J connectivity index is 1.61. The zero-order chi connectivity index (χ0) is 16.9. The maximum Gasteiger partial charge on any atom is 0.335 e. The van der Waals surface area contributed by atoms with Crippen LogP contribution < -0.4 is 4.90 Å². The van der Waals surface area contributed by atoms with Gasteiger partial charge in [-0.15, -0.1) is 0 Å². The molecule has 5 heteroatoms. The SMILES string of the molecule is C[C@]12C(=O)N(c3cccc(C(=O)O)c3)C(=O)[C@@H]1[C@H]1C=C[C@H]2C12CC2. The number of nitrogens with zero attached hydrogens (tertiary/aromatic N) is 1. The minimum Gasteiger partial charge on any atom is -0.478 e. The molecule has 1 saturated heterocycles. The number of amides is 2. The first-order valence-corrected chi connectivity index (χ1v) is 8.31. The van der Waals surface area contributed by atoms with Crippen molar-refractivity contribution in [2.24, 2.45) is 28.6 Å². The maximum absolute atomic E-state index is 13.2. The Morgan fingerprint density at radius 1 is 1.25 bits per heavy atom. The molecule has 24 heavy (non-hydrogen) atoms. The van der Waals surface area contributed by atoms with Crippen molar-refractivity contribution in [1.29, 1.82) is 0 Å². The van der Waals surface area contributed by atoms with Gasteiger partial charge in [0.05, 0.1) is 22.6 Å². The van der Waals surface area contributed by atoms with Crippen molar-refractivity contribution in [3.8, 4) is 0 Å². The summed E-state index contributed by atoms with van der Waals surface area (Å²) in [5.41, 5.74) is -0.105. The third-order valence-corrected chi connectivity index (χ3v) is 6.77. The zero-order valence-electron chi connectivity index (χ0n) is 13.2. The van der Waals surface area contributed by atoms with E-state index in [-0.39, 0.29) is 40.5 Å². The monoisotopic (exact) mass is 323 g/mol. The Labute approximate surface area is 139 Å². The van der Waals surface area contributed by atoms with Crippen LogP contribution in [0, 0.1) is 28.6 Å². The number of carbonyl (C=O) groups is 3. The van der Waals surface area contributed by atoms with E-state index >= 15 is 0 Å². The summed E-state index contributed by atoms with van der Waals surface area (Å²) in [6.45, 7) is 1.92. The number of imide groups is 1. The van der Waals surface area contributed by atoms with E-state index in [4.69, 9.17) is 5.11 Å². The molecule has 1 heterocycles. The second-order valence-corrected chi connectivity index (χ2v) is 7.72. The molecule has 1 aromatic rings. The molecule has 3 aliphatic carbocycles. The molecule has 1 aliphatic heterocycles. The number of carboxylic acid groups (broad SMARTS) is 1. The van der Waals surface area contributed by atoms with Gasteiger partial charge in [0.1, 0.15) is 0 Å². The van der Waals surface area contributed by atoms with Crippen LogP contribution in [-0.4, -0.2) is 22.9 Å². The summed E-state index contributed by atoms with van der Waals surface area (Å²) in [5.74, 6) is -1.45. The second-order valence-electron chi connectivity index (χ2n) is 7.72. The molecule has 1 aromatic carbocycles. The third-order valence-electron chi connectivity index (χ3n) is 6.77. The van der Waals surface area contributed by atoms with E-state index in [1.807, 2.05) is 6.92 Å². The smallest absolute Gasteiger partial charge is 0.335 e. The molecule has 4 atom stereocenters. The highest BCUT2D eigenvalue weighted by atomic mass is 16.4. The predicted molar refractivity (Wildman–Crippen MR) is 85.3 cm³/mol. The number of fused-ring (bicyclic) bond motifs is 3. The average molecular weight is 323 g/mol. The largest absolute Gasteiger partial charge is 0.478 e. The number of hydrogen-bond donors (Lipinski definition) is 1. The van der Waals surface area contributed by atoms with Crippen LogP contribution in [0.1, 0.15) is 30.1 Å². The highest BCUT2D eigenvalue weighted by molar-refractivity contribution is 6.24. The molecule has 2 bridgehead atoms. The molecule has 1 N–H and O–H groups in total. The average Bonchev–Trinajstić information content (AvgIpc) is 3.17. The first-order chi connectivity index (χ1) is 11.4.